The minimum atomic E-state index is -1.80. The molecule has 2 aromatic rings. The van der Waals surface area contributed by atoms with Crippen LogP contribution in [0.1, 0.15) is 11.1 Å². The van der Waals surface area contributed by atoms with Crippen molar-refractivity contribution in [2.24, 2.45) is 0 Å². The van der Waals surface area contributed by atoms with Gasteiger partial charge in [-0.15, -0.1) is 0 Å². The first kappa shape index (κ1) is 22.0. The number of carbonyl (C=O) groups is 1. The summed E-state index contributed by atoms with van der Waals surface area (Å²) in [6.07, 6.45) is 3.18. The van der Waals surface area contributed by atoms with Gasteiger partial charge in [0.2, 0.25) is 16.6 Å². The van der Waals surface area contributed by atoms with Gasteiger partial charge in [0.15, 0.2) is 0 Å². The van der Waals surface area contributed by atoms with Gasteiger partial charge >= 0.3 is 5.97 Å². The number of rotatable bonds is 8. The lowest BCUT2D eigenvalue weighted by Crippen LogP contribution is -2.32. The second kappa shape index (κ2) is 9.25. The predicted octanol–water partition coefficient (Wildman–Crippen LogP) is 5.87. The molecule has 6 heteroatoms. The summed E-state index contributed by atoms with van der Waals surface area (Å²) in [5.41, 5.74) is 1.83. The SMILES string of the molecule is C[Si](C)(C)Oc1ccc(/C=C/C(=O)OCc2ccccc2)cc1O[Si](C)(C)C. The number of hydrogen-bond acceptors (Lipinski definition) is 4. The van der Waals surface area contributed by atoms with Gasteiger partial charge in [-0.05, 0) is 68.6 Å². The Balaban J connectivity index is 2.10. The van der Waals surface area contributed by atoms with Crippen molar-refractivity contribution >= 4 is 28.7 Å². The molecule has 0 bridgehead atoms. The van der Waals surface area contributed by atoms with Gasteiger partial charge in [0.1, 0.15) is 18.1 Å². The van der Waals surface area contributed by atoms with E-state index in [9.17, 15) is 4.79 Å². The van der Waals surface area contributed by atoms with Crippen LogP contribution in [0.2, 0.25) is 39.3 Å². The van der Waals surface area contributed by atoms with Crippen molar-refractivity contribution in [1.82, 2.24) is 0 Å². The predicted molar refractivity (Wildman–Crippen MR) is 120 cm³/mol. The molecule has 0 aromatic heterocycles. The molecule has 2 rings (SSSR count). The van der Waals surface area contributed by atoms with E-state index in [1.54, 1.807) is 6.08 Å². The van der Waals surface area contributed by atoms with E-state index in [2.05, 4.69) is 39.3 Å². The lowest BCUT2D eigenvalue weighted by Gasteiger charge is -2.26. The van der Waals surface area contributed by atoms with Crippen LogP contribution in [0.4, 0.5) is 0 Å². The van der Waals surface area contributed by atoms with E-state index >= 15 is 0 Å². The molecule has 28 heavy (non-hydrogen) atoms. The van der Waals surface area contributed by atoms with Crippen molar-refractivity contribution in [2.45, 2.75) is 45.9 Å². The van der Waals surface area contributed by atoms with Gasteiger partial charge in [-0.25, -0.2) is 4.79 Å². The minimum absolute atomic E-state index is 0.261. The minimum Gasteiger partial charge on any atom is -0.542 e. The van der Waals surface area contributed by atoms with Crippen LogP contribution in [0.15, 0.2) is 54.6 Å². The standard InChI is InChI=1S/C22H30O4Si2/c1-27(2,3)25-20-14-12-18(16-21(20)26-28(4,5)6)13-15-22(23)24-17-19-10-8-7-9-11-19/h7-16H,17H2,1-6H3/b15-13+. The van der Waals surface area contributed by atoms with Gasteiger partial charge in [0.25, 0.3) is 0 Å². The van der Waals surface area contributed by atoms with E-state index in [1.165, 1.54) is 6.08 Å². The zero-order valence-electron chi connectivity index (χ0n) is 17.6. The molecule has 0 N–H and O–H groups in total. The van der Waals surface area contributed by atoms with E-state index in [0.717, 1.165) is 22.6 Å². The summed E-state index contributed by atoms with van der Waals surface area (Å²) >= 11 is 0. The Kier molecular flexibility index (Phi) is 7.26. The average Bonchev–Trinajstić information content (AvgIpc) is 2.58. The van der Waals surface area contributed by atoms with Crippen molar-refractivity contribution in [3.63, 3.8) is 0 Å². The fraction of sp³-hybridized carbons (Fsp3) is 0.318. The lowest BCUT2D eigenvalue weighted by atomic mass is 10.2. The summed E-state index contributed by atoms with van der Waals surface area (Å²) in [6, 6.07) is 15.4. The van der Waals surface area contributed by atoms with Crippen LogP contribution in [0.25, 0.3) is 6.08 Å². The first-order chi connectivity index (χ1) is 13.0. The van der Waals surface area contributed by atoms with Crippen LogP contribution in [0.3, 0.4) is 0 Å². The molecule has 0 spiro atoms. The Hall–Kier alpha value is -2.32. The molecule has 0 aliphatic carbocycles. The first-order valence-corrected chi connectivity index (χ1v) is 16.2. The van der Waals surface area contributed by atoms with Crippen LogP contribution in [-0.2, 0) is 16.1 Å². The molecule has 0 aliphatic rings. The second-order valence-corrected chi connectivity index (χ2v) is 17.4. The lowest BCUT2D eigenvalue weighted by molar-refractivity contribution is -0.138. The molecule has 0 saturated heterocycles. The molecule has 0 amide bonds. The Morgan fingerprint density at radius 1 is 0.857 bits per heavy atom. The summed E-state index contributed by atoms with van der Waals surface area (Å²) < 4.78 is 17.7. The Morgan fingerprint density at radius 2 is 1.46 bits per heavy atom. The highest BCUT2D eigenvalue weighted by Gasteiger charge is 2.23. The molecule has 150 valence electrons. The van der Waals surface area contributed by atoms with Crippen molar-refractivity contribution in [3.05, 3.63) is 65.7 Å². The van der Waals surface area contributed by atoms with Crippen molar-refractivity contribution in [1.29, 1.82) is 0 Å². The second-order valence-electron chi connectivity index (χ2n) is 8.56. The third kappa shape index (κ3) is 8.14. The molecule has 4 nitrogen and oxygen atoms in total. The summed E-state index contributed by atoms with van der Waals surface area (Å²) in [5.74, 6) is 1.13. The maximum absolute atomic E-state index is 12.0. The average molecular weight is 415 g/mol. The summed E-state index contributed by atoms with van der Waals surface area (Å²) in [4.78, 5) is 12.0. The number of hydrogen-bond donors (Lipinski definition) is 0. The van der Waals surface area contributed by atoms with Crippen LogP contribution in [0.5, 0.6) is 11.5 Å². The summed E-state index contributed by atoms with van der Waals surface area (Å²) in [5, 5.41) is 0. The molecule has 0 fully saturated rings. The fourth-order valence-electron chi connectivity index (χ4n) is 2.39. The number of carbonyl (C=O) groups excluding carboxylic acids is 1. The molecule has 0 heterocycles. The highest BCUT2D eigenvalue weighted by atomic mass is 28.4. The molecular formula is C22H30O4Si2. The maximum atomic E-state index is 12.0. The first-order valence-electron chi connectivity index (χ1n) is 9.43. The van der Waals surface area contributed by atoms with Gasteiger partial charge in [0.05, 0.1) is 0 Å². The van der Waals surface area contributed by atoms with Crippen LogP contribution >= 0.6 is 0 Å². The molecule has 0 atom stereocenters. The van der Waals surface area contributed by atoms with Gasteiger partial charge in [0, 0.05) is 6.08 Å². The van der Waals surface area contributed by atoms with E-state index in [4.69, 9.17) is 13.6 Å². The fourth-order valence-corrected chi connectivity index (χ4v) is 4.04. The highest BCUT2D eigenvalue weighted by Crippen LogP contribution is 2.33. The molecule has 2 aromatic carbocycles. The third-order valence-electron chi connectivity index (χ3n) is 3.44. The van der Waals surface area contributed by atoms with E-state index in [0.29, 0.717) is 0 Å². The number of benzene rings is 2. The third-order valence-corrected chi connectivity index (χ3v) is 5.10. The van der Waals surface area contributed by atoms with Crippen LogP contribution in [-0.4, -0.2) is 22.6 Å². The number of esters is 1. The maximum Gasteiger partial charge on any atom is 0.331 e. The Morgan fingerprint density at radius 3 is 2.07 bits per heavy atom. The van der Waals surface area contributed by atoms with E-state index < -0.39 is 16.6 Å². The van der Waals surface area contributed by atoms with Gasteiger partial charge < -0.3 is 13.6 Å². The molecule has 0 aliphatic heterocycles. The zero-order valence-corrected chi connectivity index (χ0v) is 19.6. The monoisotopic (exact) mass is 414 g/mol. The van der Waals surface area contributed by atoms with Crippen molar-refractivity contribution < 1.29 is 18.4 Å². The van der Waals surface area contributed by atoms with E-state index in [1.807, 2.05) is 48.5 Å². The molecule has 0 saturated carbocycles. The quantitative estimate of drug-likeness (QED) is 0.308. The summed E-state index contributed by atoms with van der Waals surface area (Å²) in [7, 11) is -3.56. The smallest absolute Gasteiger partial charge is 0.331 e. The molecule has 0 radical (unpaired) electrons. The van der Waals surface area contributed by atoms with Gasteiger partial charge in [-0.3, -0.25) is 0 Å². The van der Waals surface area contributed by atoms with Crippen molar-refractivity contribution in [2.75, 3.05) is 0 Å². The Labute approximate surface area is 170 Å². The zero-order chi connectivity index (χ0) is 20.8. The molecular weight excluding hydrogens is 384 g/mol. The Bertz CT molecular complexity index is 819. The normalized spacial score (nSPS) is 12.1. The number of ether oxygens (including phenoxy) is 1. The van der Waals surface area contributed by atoms with Gasteiger partial charge in [-0.1, -0.05) is 36.4 Å². The molecule has 0 unspecified atom stereocenters. The van der Waals surface area contributed by atoms with Gasteiger partial charge in [-0.2, -0.15) is 0 Å². The van der Waals surface area contributed by atoms with Crippen LogP contribution in [0, 0.1) is 0 Å². The topological polar surface area (TPSA) is 44.8 Å². The highest BCUT2D eigenvalue weighted by molar-refractivity contribution is 6.71. The summed E-state index contributed by atoms with van der Waals surface area (Å²) in [6.45, 7) is 13.1. The van der Waals surface area contributed by atoms with Crippen LogP contribution < -0.4 is 8.85 Å². The van der Waals surface area contributed by atoms with E-state index in [-0.39, 0.29) is 12.6 Å². The van der Waals surface area contributed by atoms with Crippen molar-refractivity contribution in [3.8, 4) is 11.5 Å². The largest absolute Gasteiger partial charge is 0.542 e.